The van der Waals surface area contributed by atoms with E-state index in [0.717, 1.165) is 54.2 Å². The summed E-state index contributed by atoms with van der Waals surface area (Å²) in [6.07, 6.45) is 6.71. The van der Waals surface area contributed by atoms with E-state index in [9.17, 15) is 9.59 Å². The molecular formula is C26H32N6O3. The van der Waals surface area contributed by atoms with Crippen molar-refractivity contribution in [2.75, 3.05) is 37.7 Å². The first kappa shape index (κ1) is 23.3. The van der Waals surface area contributed by atoms with Gasteiger partial charge in [0.05, 0.1) is 17.9 Å². The summed E-state index contributed by atoms with van der Waals surface area (Å²) in [6.45, 7) is 4.65. The van der Waals surface area contributed by atoms with Crippen molar-refractivity contribution in [1.82, 2.24) is 14.7 Å². The number of ether oxygens (including phenoxy) is 1. The van der Waals surface area contributed by atoms with E-state index < -0.39 is 0 Å². The van der Waals surface area contributed by atoms with Crippen molar-refractivity contribution in [2.45, 2.75) is 38.6 Å². The van der Waals surface area contributed by atoms with Gasteiger partial charge in [-0.05, 0) is 30.9 Å². The number of aryl methyl sites for hydroxylation is 1. The second kappa shape index (κ2) is 9.65. The summed E-state index contributed by atoms with van der Waals surface area (Å²) in [5, 5.41) is 4.21. The zero-order chi connectivity index (χ0) is 24.5. The Morgan fingerprint density at radius 2 is 2.00 bits per heavy atom. The molecule has 2 amide bonds. The molecule has 4 heterocycles. The number of carbonyl (C=O) groups is 2. The van der Waals surface area contributed by atoms with Gasteiger partial charge in [0, 0.05) is 87.5 Å². The predicted molar refractivity (Wildman–Crippen MR) is 134 cm³/mol. The molecule has 5 rings (SSSR count). The van der Waals surface area contributed by atoms with Crippen LogP contribution < -0.4 is 10.6 Å². The summed E-state index contributed by atoms with van der Waals surface area (Å²) in [4.78, 5) is 34.2. The van der Waals surface area contributed by atoms with Crippen molar-refractivity contribution in [3.05, 3.63) is 52.9 Å². The van der Waals surface area contributed by atoms with E-state index in [2.05, 4.69) is 5.10 Å². The lowest BCUT2D eigenvalue weighted by atomic mass is 9.89. The van der Waals surface area contributed by atoms with Gasteiger partial charge in [0.15, 0.2) is 0 Å². The molecule has 1 aromatic heterocycles. The summed E-state index contributed by atoms with van der Waals surface area (Å²) in [5.74, 6) is -0.0261. The Hall–Kier alpha value is -3.46. The molecule has 0 saturated carbocycles. The number of nitrogens with two attached hydrogens (primary N) is 1. The minimum atomic E-state index is -0.0518. The molecule has 0 spiro atoms. The third kappa shape index (κ3) is 4.60. The first-order chi connectivity index (χ1) is 16.9. The molecule has 9 heteroatoms. The maximum atomic E-state index is 13.4. The fourth-order valence-electron chi connectivity index (χ4n) is 5.18. The molecule has 2 fully saturated rings. The number of amides is 2. The van der Waals surface area contributed by atoms with Crippen LogP contribution in [0.25, 0.3) is 5.70 Å². The summed E-state index contributed by atoms with van der Waals surface area (Å²) < 4.78 is 7.19. The maximum Gasteiger partial charge on any atom is 0.258 e. The Morgan fingerprint density at radius 3 is 2.71 bits per heavy atom. The van der Waals surface area contributed by atoms with Gasteiger partial charge >= 0.3 is 0 Å². The molecule has 3 aliphatic heterocycles. The number of hydrogen-bond acceptors (Lipinski definition) is 6. The molecule has 3 aliphatic rings. The van der Waals surface area contributed by atoms with Crippen molar-refractivity contribution < 1.29 is 14.3 Å². The SMILES string of the molecule is CC(=O)N1CCC(=NC2CCOCC2)C(=C(N)c2cccc3c2CCN(c2cnn(C)c2)C3=O)C1. The van der Waals surface area contributed by atoms with Gasteiger partial charge in [-0.2, -0.15) is 5.10 Å². The van der Waals surface area contributed by atoms with Crippen LogP contribution in [-0.2, 0) is 23.0 Å². The summed E-state index contributed by atoms with van der Waals surface area (Å²) in [5.41, 5.74) is 12.6. The third-order valence-electron chi connectivity index (χ3n) is 7.15. The highest BCUT2D eigenvalue weighted by molar-refractivity contribution is 6.11. The number of aromatic nitrogens is 2. The number of piperidine rings is 1. The Morgan fingerprint density at radius 1 is 1.20 bits per heavy atom. The Balaban J connectivity index is 1.53. The molecule has 184 valence electrons. The van der Waals surface area contributed by atoms with E-state index in [-0.39, 0.29) is 17.9 Å². The Bertz CT molecular complexity index is 1210. The van der Waals surface area contributed by atoms with Crippen molar-refractivity contribution >= 4 is 28.9 Å². The summed E-state index contributed by atoms with van der Waals surface area (Å²) in [6, 6.07) is 5.94. The van der Waals surface area contributed by atoms with E-state index in [1.54, 1.807) is 22.7 Å². The lowest BCUT2D eigenvalue weighted by Gasteiger charge is -2.33. The van der Waals surface area contributed by atoms with Crippen LogP contribution in [-0.4, -0.2) is 71.1 Å². The van der Waals surface area contributed by atoms with Crippen molar-refractivity contribution in [3.63, 3.8) is 0 Å². The van der Waals surface area contributed by atoms with Crippen LogP contribution >= 0.6 is 0 Å². The topological polar surface area (TPSA) is 106 Å². The highest BCUT2D eigenvalue weighted by atomic mass is 16.5. The molecule has 9 nitrogen and oxygen atoms in total. The second-order valence-electron chi connectivity index (χ2n) is 9.41. The monoisotopic (exact) mass is 476 g/mol. The molecular weight excluding hydrogens is 444 g/mol. The molecule has 0 atom stereocenters. The lowest BCUT2D eigenvalue weighted by Crippen LogP contribution is -2.41. The van der Waals surface area contributed by atoms with Crippen LogP contribution in [0.5, 0.6) is 0 Å². The number of fused-ring (bicyclic) bond motifs is 1. The van der Waals surface area contributed by atoms with Gasteiger partial charge in [0.2, 0.25) is 5.91 Å². The zero-order valence-electron chi connectivity index (χ0n) is 20.4. The van der Waals surface area contributed by atoms with Crippen LogP contribution in [0.15, 0.2) is 41.2 Å². The number of anilines is 1. The first-order valence-electron chi connectivity index (χ1n) is 12.2. The highest BCUT2D eigenvalue weighted by Crippen LogP contribution is 2.31. The Labute approximate surface area is 205 Å². The average molecular weight is 477 g/mol. The molecule has 0 bridgehead atoms. The number of rotatable bonds is 3. The van der Waals surface area contributed by atoms with Crippen LogP contribution in [0.4, 0.5) is 5.69 Å². The smallest absolute Gasteiger partial charge is 0.258 e. The molecule has 2 saturated heterocycles. The van der Waals surface area contributed by atoms with Gasteiger partial charge in [-0.15, -0.1) is 0 Å². The lowest BCUT2D eigenvalue weighted by molar-refractivity contribution is -0.128. The van der Waals surface area contributed by atoms with Gasteiger partial charge in [-0.3, -0.25) is 19.3 Å². The van der Waals surface area contributed by atoms with Gasteiger partial charge in [0.25, 0.3) is 5.91 Å². The number of likely N-dealkylation sites (tertiary alicyclic amines) is 1. The normalized spacial score (nSPS) is 21.9. The number of carbonyl (C=O) groups excluding carboxylic acids is 2. The standard InChI is InChI=1S/C26H32N6O3/c1-17(33)31-10-7-24(29-18-8-12-35-13-9-18)23(16-31)25(27)21-4-3-5-22-20(21)6-11-32(26(22)34)19-14-28-30(2)15-19/h3-5,14-15,18H,6-13,16,27H2,1-2H3. The molecule has 1 aromatic carbocycles. The van der Waals surface area contributed by atoms with E-state index in [1.807, 2.05) is 36.3 Å². The average Bonchev–Trinajstić information content (AvgIpc) is 3.30. The second-order valence-corrected chi connectivity index (χ2v) is 9.41. The van der Waals surface area contributed by atoms with Crippen LogP contribution in [0.2, 0.25) is 0 Å². The quantitative estimate of drug-likeness (QED) is 0.731. The minimum absolute atomic E-state index is 0.0257. The predicted octanol–water partition coefficient (Wildman–Crippen LogP) is 2.17. The fourth-order valence-corrected chi connectivity index (χ4v) is 5.18. The molecule has 2 N–H and O–H groups in total. The number of hydrogen-bond donors (Lipinski definition) is 1. The summed E-state index contributed by atoms with van der Waals surface area (Å²) >= 11 is 0. The van der Waals surface area contributed by atoms with Gasteiger partial charge in [0.1, 0.15) is 0 Å². The zero-order valence-corrected chi connectivity index (χ0v) is 20.4. The van der Waals surface area contributed by atoms with Crippen LogP contribution in [0, 0.1) is 0 Å². The van der Waals surface area contributed by atoms with E-state index in [0.29, 0.717) is 43.7 Å². The number of nitrogens with zero attached hydrogens (tertiary/aromatic N) is 5. The van der Waals surface area contributed by atoms with Crippen molar-refractivity contribution in [2.24, 2.45) is 17.8 Å². The van der Waals surface area contributed by atoms with E-state index in [4.69, 9.17) is 15.5 Å². The van der Waals surface area contributed by atoms with Crippen molar-refractivity contribution in [3.8, 4) is 0 Å². The first-order valence-corrected chi connectivity index (χ1v) is 12.2. The van der Waals surface area contributed by atoms with E-state index >= 15 is 0 Å². The minimum Gasteiger partial charge on any atom is -0.398 e. The van der Waals surface area contributed by atoms with Gasteiger partial charge in [-0.1, -0.05) is 12.1 Å². The highest BCUT2D eigenvalue weighted by Gasteiger charge is 2.31. The fraction of sp³-hybridized carbons (Fsp3) is 0.462. The van der Waals surface area contributed by atoms with Crippen molar-refractivity contribution in [1.29, 1.82) is 0 Å². The van der Waals surface area contributed by atoms with Gasteiger partial charge in [-0.25, -0.2) is 0 Å². The molecule has 0 aliphatic carbocycles. The molecule has 0 radical (unpaired) electrons. The largest absolute Gasteiger partial charge is 0.398 e. The molecule has 35 heavy (non-hydrogen) atoms. The number of benzene rings is 1. The van der Waals surface area contributed by atoms with Crippen LogP contribution in [0.1, 0.15) is 47.7 Å². The van der Waals surface area contributed by atoms with Gasteiger partial charge < -0.3 is 20.3 Å². The number of aliphatic imine (C=N–C) groups is 1. The third-order valence-corrected chi connectivity index (χ3v) is 7.15. The summed E-state index contributed by atoms with van der Waals surface area (Å²) in [7, 11) is 1.84. The van der Waals surface area contributed by atoms with E-state index in [1.165, 1.54) is 0 Å². The molecule has 0 unspecified atom stereocenters. The Kier molecular flexibility index (Phi) is 6.42. The maximum absolute atomic E-state index is 13.4. The molecule has 2 aromatic rings. The van der Waals surface area contributed by atoms with Crippen LogP contribution in [0.3, 0.4) is 0 Å².